The van der Waals surface area contributed by atoms with E-state index >= 15 is 0 Å². The van der Waals surface area contributed by atoms with Crippen LogP contribution in [-0.4, -0.2) is 36.6 Å². The first-order valence-corrected chi connectivity index (χ1v) is 8.61. The van der Waals surface area contributed by atoms with Crippen molar-refractivity contribution in [2.24, 2.45) is 11.8 Å². The van der Waals surface area contributed by atoms with Crippen molar-refractivity contribution in [3.63, 3.8) is 0 Å². The summed E-state index contributed by atoms with van der Waals surface area (Å²) in [7, 11) is 0. The molecule has 1 aliphatic rings. The Bertz CT molecular complexity index is 227. The Morgan fingerprint density at radius 3 is 2.42 bits per heavy atom. The van der Waals surface area contributed by atoms with Crippen LogP contribution in [-0.2, 0) is 0 Å². The van der Waals surface area contributed by atoms with E-state index in [9.17, 15) is 0 Å². The van der Waals surface area contributed by atoms with E-state index in [0.29, 0.717) is 0 Å². The molecule has 114 valence electrons. The number of rotatable bonds is 8. The smallest absolute Gasteiger partial charge is 0.0251 e. The molecule has 2 nitrogen and oxygen atoms in total. The molecule has 0 heterocycles. The standard InChI is InChI=1S/C17H36N2/c1-6-9-12-19(8-3)17-13-15(14(4)5)10-11-16(17)18-7-2/h14-18H,6-13H2,1-5H3. The van der Waals surface area contributed by atoms with Crippen molar-refractivity contribution in [2.75, 3.05) is 19.6 Å². The molecule has 0 bridgehead atoms. The van der Waals surface area contributed by atoms with Gasteiger partial charge in [0, 0.05) is 12.1 Å². The predicted molar refractivity (Wildman–Crippen MR) is 85.6 cm³/mol. The number of likely N-dealkylation sites (N-methyl/N-ethyl adjacent to an activating group) is 2. The van der Waals surface area contributed by atoms with E-state index < -0.39 is 0 Å². The van der Waals surface area contributed by atoms with Crippen LogP contribution in [0, 0.1) is 11.8 Å². The van der Waals surface area contributed by atoms with Gasteiger partial charge in [0.15, 0.2) is 0 Å². The van der Waals surface area contributed by atoms with Gasteiger partial charge in [0.1, 0.15) is 0 Å². The van der Waals surface area contributed by atoms with Gasteiger partial charge < -0.3 is 5.32 Å². The Balaban J connectivity index is 2.68. The van der Waals surface area contributed by atoms with Gasteiger partial charge in [-0.05, 0) is 57.2 Å². The van der Waals surface area contributed by atoms with Crippen molar-refractivity contribution in [2.45, 2.75) is 78.8 Å². The number of hydrogen-bond donors (Lipinski definition) is 1. The van der Waals surface area contributed by atoms with E-state index in [1.165, 1.54) is 45.2 Å². The fourth-order valence-electron chi connectivity index (χ4n) is 3.61. The minimum absolute atomic E-state index is 0.719. The van der Waals surface area contributed by atoms with Gasteiger partial charge in [0.25, 0.3) is 0 Å². The highest BCUT2D eigenvalue weighted by atomic mass is 15.2. The van der Waals surface area contributed by atoms with Gasteiger partial charge in [-0.3, -0.25) is 4.90 Å². The largest absolute Gasteiger partial charge is 0.313 e. The zero-order valence-electron chi connectivity index (χ0n) is 13.9. The summed E-state index contributed by atoms with van der Waals surface area (Å²) in [5, 5.41) is 3.74. The van der Waals surface area contributed by atoms with Crippen LogP contribution in [0.25, 0.3) is 0 Å². The van der Waals surface area contributed by atoms with E-state index in [1.807, 2.05) is 0 Å². The highest BCUT2D eigenvalue weighted by Gasteiger charge is 2.34. The van der Waals surface area contributed by atoms with Crippen LogP contribution in [0.4, 0.5) is 0 Å². The van der Waals surface area contributed by atoms with Gasteiger partial charge in [-0.1, -0.05) is 41.0 Å². The van der Waals surface area contributed by atoms with Crippen LogP contribution in [0.5, 0.6) is 0 Å². The molecule has 19 heavy (non-hydrogen) atoms. The summed E-state index contributed by atoms with van der Waals surface area (Å²) in [4.78, 5) is 2.74. The summed E-state index contributed by atoms with van der Waals surface area (Å²) in [6.07, 6.45) is 6.83. The van der Waals surface area contributed by atoms with E-state index in [-0.39, 0.29) is 0 Å². The van der Waals surface area contributed by atoms with Crippen LogP contribution in [0.3, 0.4) is 0 Å². The van der Waals surface area contributed by atoms with Crippen molar-refractivity contribution in [1.29, 1.82) is 0 Å². The van der Waals surface area contributed by atoms with Gasteiger partial charge in [-0.15, -0.1) is 0 Å². The first kappa shape index (κ1) is 17.0. The van der Waals surface area contributed by atoms with Crippen LogP contribution >= 0.6 is 0 Å². The summed E-state index contributed by atoms with van der Waals surface area (Å²) in [6, 6.07) is 1.48. The molecule has 0 amide bonds. The second-order valence-electron chi connectivity index (χ2n) is 6.53. The molecule has 0 spiro atoms. The Hall–Kier alpha value is -0.0800. The lowest BCUT2D eigenvalue weighted by Gasteiger charge is -2.44. The molecule has 0 saturated heterocycles. The number of hydrogen-bond acceptors (Lipinski definition) is 2. The molecule has 0 aromatic rings. The van der Waals surface area contributed by atoms with Crippen molar-refractivity contribution in [3.8, 4) is 0 Å². The lowest BCUT2D eigenvalue weighted by atomic mass is 9.76. The molecule has 0 aromatic carbocycles. The van der Waals surface area contributed by atoms with Crippen molar-refractivity contribution >= 4 is 0 Å². The van der Waals surface area contributed by atoms with Gasteiger partial charge in [0.05, 0.1) is 0 Å². The average Bonchev–Trinajstić information content (AvgIpc) is 2.41. The summed E-state index contributed by atoms with van der Waals surface area (Å²) in [5.74, 6) is 1.77. The van der Waals surface area contributed by atoms with E-state index in [0.717, 1.165) is 30.5 Å². The maximum atomic E-state index is 3.74. The third kappa shape index (κ3) is 5.07. The zero-order valence-corrected chi connectivity index (χ0v) is 13.9. The molecule has 3 atom stereocenters. The zero-order chi connectivity index (χ0) is 14.3. The van der Waals surface area contributed by atoms with Gasteiger partial charge in [0.2, 0.25) is 0 Å². The Kier molecular flexibility index (Phi) is 8.01. The normalized spacial score (nSPS) is 28.3. The molecule has 1 N–H and O–H groups in total. The third-order valence-electron chi connectivity index (χ3n) is 4.94. The Morgan fingerprint density at radius 2 is 1.89 bits per heavy atom. The number of nitrogens with one attached hydrogen (secondary N) is 1. The highest BCUT2D eigenvalue weighted by molar-refractivity contribution is 4.91. The summed E-state index contributed by atoms with van der Waals surface area (Å²) in [5.41, 5.74) is 0. The highest BCUT2D eigenvalue weighted by Crippen LogP contribution is 2.33. The molecular formula is C17H36N2. The Labute approximate surface area is 121 Å². The molecule has 2 heteroatoms. The van der Waals surface area contributed by atoms with Gasteiger partial charge in [-0.25, -0.2) is 0 Å². The molecule has 1 fully saturated rings. The topological polar surface area (TPSA) is 15.3 Å². The SMILES string of the molecule is CCCCN(CC)C1CC(C(C)C)CCC1NCC. The lowest BCUT2D eigenvalue weighted by Crippen LogP contribution is -2.54. The first-order valence-electron chi connectivity index (χ1n) is 8.61. The lowest BCUT2D eigenvalue weighted by molar-refractivity contribution is 0.0862. The minimum Gasteiger partial charge on any atom is -0.313 e. The molecule has 1 rings (SSSR count). The monoisotopic (exact) mass is 268 g/mol. The fraction of sp³-hybridized carbons (Fsp3) is 1.00. The number of nitrogens with zero attached hydrogens (tertiary/aromatic N) is 1. The molecule has 3 unspecified atom stereocenters. The van der Waals surface area contributed by atoms with E-state index in [2.05, 4.69) is 44.8 Å². The molecule has 0 radical (unpaired) electrons. The van der Waals surface area contributed by atoms with Crippen molar-refractivity contribution in [3.05, 3.63) is 0 Å². The fourth-order valence-corrected chi connectivity index (χ4v) is 3.61. The summed E-state index contributed by atoms with van der Waals surface area (Å²) in [6.45, 7) is 15.3. The molecule has 1 saturated carbocycles. The van der Waals surface area contributed by atoms with Crippen molar-refractivity contribution in [1.82, 2.24) is 10.2 Å². The van der Waals surface area contributed by atoms with E-state index in [4.69, 9.17) is 0 Å². The Morgan fingerprint density at radius 1 is 1.16 bits per heavy atom. The molecule has 1 aliphatic carbocycles. The van der Waals surface area contributed by atoms with Crippen molar-refractivity contribution < 1.29 is 0 Å². The van der Waals surface area contributed by atoms with Crippen LogP contribution < -0.4 is 5.32 Å². The maximum Gasteiger partial charge on any atom is 0.0251 e. The quantitative estimate of drug-likeness (QED) is 0.718. The van der Waals surface area contributed by atoms with Gasteiger partial charge in [-0.2, -0.15) is 0 Å². The molecular weight excluding hydrogens is 232 g/mol. The van der Waals surface area contributed by atoms with Crippen LogP contribution in [0.1, 0.15) is 66.7 Å². The van der Waals surface area contributed by atoms with Gasteiger partial charge >= 0.3 is 0 Å². The first-order chi connectivity index (χ1) is 9.13. The second-order valence-corrected chi connectivity index (χ2v) is 6.53. The van der Waals surface area contributed by atoms with E-state index in [1.54, 1.807) is 0 Å². The second kappa shape index (κ2) is 8.97. The average molecular weight is 268 g/mol. The predicted octanol–water partition coefficient (Wildman–Crippen LogP) is 3.91. The minimum atomic E-state index is 0.719. The number of unbranched alkanes of at least 4 members (excludes halogenated alkanes) is 1. The maximum absolute atomic E-state index is 3.74. The third-order valence-corrected chi connectivity index (χ3v) is 4.94. The van der Waals surface area contributed by atoms with Crippen LogP contribution in [0.2, 0.25) is 0 Å². The summed E-state index contributed by atoms with van der Waals surface area (Å²) >= 11 is 0. The summed E-state index contributed by atoms with van der Waals surface area (Å²) < 4.78 is 0. The molecule has 0 aromatic heterocycles. The molecule has 0 aliphatic heterocycles. The van der Waals surface area contributed by atoms with Crippen LogP contribution in [0.15, 0.2) is 0 Å².